The highest BCUT2D eigenvalue weighted by atomic mass is 19.4. The number of nitrogens with two attached hydrogens (primary N) is 2. The Kier molecular flexibility index (Phi) is 3.61. The summed E-state index contributed by atoms with van der Waals surface area (Å²) in [6.45, 7) is 0.0208. The third-order valence-corrected chi connectivity index (χ3v) is 3.32. The lowest BCUT2D eigenvalue weighted by atomic mass is 9.91. The SMILES string of the molecule is NNc1cc(N2CCC(O)(C(F)(F)F)CC2)nc(N)n1. The van der Waals surface area contributed by atoms with Gasteiger partial charge in [0.2, 0.25) is 5.95 Å². The van der Waals surface area contributed by atoms with Gasteiger partial charge in [-0.1, -0.05) is 0 Å². The molecule has 0 aliphatic carbocycles. The third-order valence-electron chi connectivity index (χ3n) is 3.32. The predicted octanol–water partition coefficient (Wildman–Crippen LogP) is 0.238. The highest BCUT2D eigenvalue weighted by molar-refractivity contribution is 5.52. The molecule has 1 aliphatic heterocycles. The number of anilines is 3. The van der Waals surface area contributed by atoms with Gasteiger partial charge in [-0.05, 0) is 0 Å². The molecule has 10 heteroatoms. The number of nitrogens with zero attached hydrogens (tertiary/aromatic N) is 3. The van der Waals surface area contributed by atoms with Crippen molar-refractivity contribution in [1.29, 1.82) is 0 Å². The first-order chi connectivity index (χ1) is 9.25. The number of aromatic nitrogens is 2. The molecule has 0 spiro atoms. The molecule has 2 heterocycles. The number of piperidine rings is 1. The molecule has 0 amide bonds. The molecule has 1 saturated heterocycles. The standard InChI is InChI=1S/C10H15F3N6O/c11-10(12,13)9(20)1-3-19(4-2-9)7-5-6(18-15)16-8(14)17-7/h5,20H,1-4,15H2,(H3,14,16,17,18). The average molecular weight is 292 g/mol. The minimum atomic E-state index is -4.63. The minimum absolute atomic E-state index is 0.0104. The molecule has 0 aromatic carbocycles. The molecular formula is C10H15F3N6O. The maximum atomic E-state index is 12.7. The summed E-state index contributed by atoms with van der Waals surface area (Å²) in [5, 5.41) is 9.59. The highest BCUT2D eigenvalue weighted by Gasteiger charge is 2.54. The molecule has 1 fully saturated rings. The Labute approximate surface area is 112 Å². The van der Waals surface area contributed by atoms with Gasteiger partial charge in [0.25, 0.3) is 0 Å². The average Bonchev–Trinajstić information content (AvgIpc) is 2.37. The van der Waals surface area contributed by atoms with Crippen LogP contribution < -0.4 is 21.9 Å². The van der Waals surface area contributed by atoms with E-state index in [1.807, 2.05) is 0 Å². The molecule has 1 aromatic rings. The van der Waals surface area contributed by atoms with Crippen molar-refractivity contribution in [2.24, 2.45) is 5.84 Å². The van der Waals surface area contributed by atoms with E-state index in [2.05, 4.69) is 15.4 Å². The predicted molar refractivity (Wildman–Crippen MR) is 66.7 cm³/mol. The van der Waals surface area contributed by atoms with Crippen molar-refractivity contribution in [2.75, 3.05) is 29.1 Å². The van der Waals surface area contributed by atoms with Gasteiger partial charge in [-0.3, -0.25) is 0 Å². The zero-order chi connectivity index (χ0) is 15.0. The van der Waals surface area contributed by atoms with Crippen LogP contribution in [0.1, 0.15) is 12.8 Å². The van der Waals surface area contributed by atoms with Gasteiger partial charge < -0.3 is 21.2 Å². The molecule has 1 aliphatic rings. The van der Waals surface area contributed by atoms with Crippen molar-refractivity contribution in [2.45, 2.75) is 24.6 Å². The van der Waals surface area contributed by atoms with E-state index in [1.54, 1.807) is 4.90 Å². The van der Waals surface area contributed by atoms with E-state index in [-0.39, 0.29) is 24.9 Å². The van der Waals surface area contributed by atoms with Gasteiger partial charge in [0.1, 0.15) is 11.6 Å². The number of aliphatic hydroxyl groups is 1. The second-order valence-corrected chi connectivity index (χ2v) is 4.63. The number of halogens is 3. The van der Waals surface area contributed by atoms with Crippen LogP contribution in [0.2, 0.25) is 0 Å². The summed E-state index contributed by atoms with van der Waals surface area (Å²) in [5.74, 6) is 5.82. The Morgan fingerprint density at radius 1 is 1.30 bits per heavy atom. The van der Waals surface area contributed by atoms with Crippen molar-refractivity contribution in [1.82, 2.24) is 9.97 Å². The van der Waals surface area contributed by atoms with Crippen LogP contribution in [0.3, 0.4) is 0 Å². The molecule has 1 aromatic heterocycles. The molecule has 0 unspecified atom stereocenters. The number of nitrogens with one attached hydrogen (secondary N) is 1. The fourth-order valence-corrected chi connectivity index (χ4v) is 2.08. The molecule has 7 nitrogen and oxygen atoms in total. The quantitative estimate of drug-likeness (QED) is 0.456. The lowest BCUT2D eigenvalue weighted by Crippen LogP contribution is -2.53. The Bertz CT molecular complexity index is 486. The fraction of sp³-hybridized carbons (Fsp3) is 0.600. The molecule has 0 bridgehead atoms. The summed E-state index contributed by atoms with van der Waals surface area (Å²) in [6, 6.07) is 1.48. The molecule has 20 heavy (non-hydrogen) atoms. The van der Waals surface area contributed by atoms with Gasteiger partial charge in [-0.15, -0.1) is 0 Å². The molecule has 6 N–H and O–H groups in total. The van der Waals surface area contributed by atoms with Crippen molar-refractivity contribution >= 4 is 17.6 Å². The maximum Gasteiger partial charge on any atom is 0.417 e. The molecule has 0 radical (unpaired) electrons. The van der Waals surface area contributed by atoms with Crippen molar-refractivity contribution in [3.63, 3.8) is 0 Å². The molecule has 2 rings (SSSR count). The number of hydrogen-bond donors (Lipinski definition) is 4. The Balaban J connectivity index is 2.13. The summed E-state index contributed by atoms with van der Waals surface area (Å²) in [6.07, 6.45) is -5.48. The number of hydrogen-bond acceptors (Lipinski definition) is 7. The first-order valence-corrected chi connectivity index (χ1v) is 5.90. The molecular weight excluding hydrogens is 277 g/mol. The van der Waals surface area contributed by atoms with Crippen LogP contribution in [0.15, 0.2) is 6.07 Å². The van der Waals surface area contributed by atoms with Crippen LogP contribution in [-0.4, -0.2) is 39.9 Å². The zero-order valence-corrected chi connectivity index (χ0v) is 10.5. The molecule has 0 atom stereocenters. The second-order valence-electron chi connectivity index (χ2n) is 4.63. The third kappa shape index (κ3) is 2.70. The fourth-order valence-electron chi connectivity index (χ4n) is 2.08. The molecule has 112 valence electrons. The normalized spacial score (nSPS) is 18.9. The van der Waals surface area contributed by atoms with Crippen LogP contribution in [-0.2, 0) is 0 Å². The number of hydrazine groups is 1. The summed E-state index contributed by atoms with van der Waals surface area (Å²) in [4.78, 5) is 9.34. The van der Waals surface area contributed by atoms with E-state index >= 15 is 0 Å². The minimum Gasteiger partial charge on any atom is -0.380 e. The summed E-state index contributed by atoms with van der Waals surface area (Å²) < 4.78 is 38.1. The highest BCUT2D eigenvalue weighted by Crippen LogP contribution is 2.39. The summed E-state index contributed by atoms with van der Waals surface area (Å²) in [7, 11) is 0. The number of alkyl halides is 3. The maximum absolute atomic E-state index is 12.7. The first-order valence-electron chi connectivity index (χ1n) is 5.90. The smallest absolute Gasteiger partial charge is 0.380 e. The van der Waals surface area contributed by atoms with E-state index in [4.69, 9.17) is 11.6 Å². The van der Waals surface area contributed by atoms with Crippen LogP contribution in [0.4, 0.5) is 30.8 Å². The van der Waals surface area contributed by atoms with Gasteiger partial charge in [-0.25, -0.2) is 5.84 Å². The Morgan fingerprint density at radius 2 is 1.90 bits per heavy atom. The number of rotatable bonds is 2. The molecule has 0 saturated carbocycles. The monoisotopic (exact) mass is 292 g/mol. The Hall–Kier alpha value is -1.81. The largest absolute Gasteiger partial charge is 0.417 e. The van der Waals surface area contributed by atoms with Gasteiger partial charge in [0.05, 0.1) is 0 Å². The Morgan fingerprint density at radius 3 is 2.40 bits per heavy atom. The van der Waals surface area contributed by atoms with E-state index in [0.717, 1.165) is 0 Å². The van der Waals surface area contributed by atoms with Crippen LogP contribution in [0, 0.1) is 0 Å². The lowest BCUT2D eigenvalue weighted by molar-refractivity contribution is -0.266. The topological polar surface area (TPSA) is 113 Å². The van der Waals surface area contributed by atoms with Gasteiger partial charge >= 0.3 is 6.18 Å². The van der Waals surface area contributed by atoms with Gasteiger partial charge in [-0.2, -0.15) is 23.1 Å². The van der Waals surface area contributed by atoms with Crippen LogP contribution in [0.5, 0.6) is 0 Å². The van der Waals surface area contributed by atoms with Gasteiger partial charge in [0.15, 0.2) is 5.60 Å². The van der Waals surface area contributed by atoms with E-state index < -0.39 is 24.6 Å². The van der Waals surface area contributed by atoms with E-state index in [0.29, 0.717) is 5.82 Å². The summed E-state index contributed by atoms with van der Waals surface area (Å²) in [5.41, 5.74) is 5.15. The second kappa shape index (κ2) is 4.94. The van der Waals surface area contributed by atoms with Crippen LogP contribution >= 0.6 is 0 Å². The van der Waals surface area contributed by atoms with Crippen LogP contribution in [0.25, 0.3) is 0 Å². The summed E-state index contributed by atoms with van der Waals surface area (Å²) >= 11 is 0. The number of nitrogen functional groups attached to an aromatic ring is 2. The van der Waals surface area contributed by atoms with Crippen molar-refractivity contribution in [3.05, 3.63) is 6.07 Å². The van der Waals surface area contributed by atoms with Crippen molar-refractivity contribution < 1.29 is 18.3 Å². The zero-order valence-electron chi connectivity index (χ0n) is 10.5. The van der Waals surface area contributed by atoms with Gasteiger partial charge in [0, 0.05) is 32.0 Å². The van der Waals surface area contributed by atoms with E-state index in [9.17, 15) is 18.3 Å². The van der Waals surface area contributed by atoms with E-state index in [1.165, 1.54) is 6.07 Å². The first kappa shape index (κ1) is 14.6. The lowest BCUT2D eigenvalue weighted by Gasteiger charge is -2.39. The van der Waals surface area contributed by atoms with Crippen molar-refractivity contribution in [3.8, 4) is 0 Å².